The SMILES string of the molecule is CNS(=O)(=O)c1ccc(C(=O)Nc2cccc(C)n2)o1. The van der Waals surface area contributed by atoms with Gasteiger partial charge in [-0.05, 0) is 38.2 Å². The van der Waals surface area contributed by atoms with Gasteiger partial charge >= 0.3 is 0 Å². The second-order valence-corrected chi connectivity index (χ2v) is 5.76. The van der Waals surface area contributed by atoms with Crippen LogP contribution in [0.25, 0.3) is 0 Å². The molecule has 2 aromatic heterocycles. The van der Waals surface area contributed by atoms with E-state index in [1.165, 1.54) is 19.2 Å². The summed E-state index contributed by atoms with van der Waals surface area (Å²) in [4.78, 5) is 16.0. The van der Waals surface area contributed by atoms with E-state index in [0.717, 1.165) is 5.69 Å². The Morgan fingerprint density at radius 1 is 1.25 bits per heavy atom. The number of aryl methyl sites for hydroxylation is 1. The number of hydrogen-bond donors (Lipinski definition) is 2. The van der Waals surface area contributed by atoms with Gasteiger partial charge in [0.25, 0.3) is 15.9 Å². The first kappa shape index (κ1) is 14.2. The van der Waals surface area contributed by atoms with Gasteiger partial charge in [0, 0.05) is 5.69 Å². The van der Waals surface area contributed by atoms with E-state index in [1.54, 1.807) is 25.1 Å². The maximum absolute atomic E-state index is 11.9. The van der Waals surface area contributed by atoms with Gasteiger partial charge in [0.05, 0.1) is 0 Å². The summed E-state index contributed by atoms with van der Waals surface area (Å²) in [5.74, 6) is -0.313. The van der Waals surface area contributed by atoms with Crippen molar-refractivity contribution in [3.63, 3.8) is 0 Å². The molecule has 0 aliphatic carbocycles. The molecule has 0 radical (unpaired) electrons. The van der Waals surface area contributed by atoms with Crippen molar-refractivity contribution in [1.82, 2.24) is 9.71 Å². The van der Waals surface area contributed by atoms with E-state index < -0.39 is 15.9 Å². The summed E-state index contributed by atoms with van der Waals surface area (Å²) in [6.07, 6.45) is 0. The number of hydrogen-bond acceptors (Lipinski definition) is 5. The fourth-order valence-corrected chi connectivity index (χ4v) is 2.13. The number of sulfonamides is 1. The van der Waals surface area contributed by atoms with Crippen molar-refractivity contribution in [2.24, 2.45) is 0 Å². The predicted molar refractivity (Wildman–Crippen MR) is 71.9 cm³/mol. The second-order valence-electron chi connectivity index (χ2n) is 3.94. The summed E-state index contributed by atoms with van der Waals surface area (Å²) < 4.78 is 30.1. The van der Waals surface area contributed by atoms with Crippen molar-refractivity contribution < 1.29 is 17.6 Å². The maximum Gasteiger partial charge on any atom is 0.292 e. The predicted octanol–water partition coefficient (Wildman–Crippen LogP) is 1.14. The topological polar surface area (TPSA) is 101 Å². The van der Waals surface area contributed by atoms with Crippen LogP contribution in [-0.2, 0) is 10.0 Å². The molecule has 2 aromatic rings. The van der Waals surface area contributed by atoms with Gasteiger partial charge < -0.3 is 9.73 Å². The smallest absolute Gasteiger partial charge is 0.292 e. The Morgan fingerprint density at radius 2 is 2.00 bits per heavy atom. The van der Waals surface area contributed by atoms with E-state index in [2.05, 4.69) is 15.0 Å². The molecule has 20 heavy (non-hydrogen) atoms. The van der Waals surface area contributed by atoms with Gasteiger partial charge in [0.15, 0.2) is 5.76 Å². The first-order valence-corrected chi connectivity index (χ1v) is 7.19. The van der Waals surface area contributed by atoms with E-state index in [0.29, 0.717) is 5.82 Å². The van der Waals surface area contributed by atoms with Crippen molar-refractivity contribution in [2.45, 2.75) is 12.0 Å². The normalized spacial score (nSPS) is 11.3. The summed E-state index contributed by atoms with van der Waals surface area (Å²) in [5.41, 5.74) is 0.751. The Bertz CT molecular complexity index is 737. The fourth-order valence-electron chi connectivity index (χ4n) is 1.48. The molecular weight excluding hydrogens is 282 g/mol. The third-order valence-electron chi connectivity index (χ3n) is 2.47. The van der Waals surface area contributed by atoms with Gasteiger partial charge in [0.1, 0.15) is 5.82 Å². The Balaban J connectivity index is 2.19. The van der Waals surface area contributed by atoms with Crippen LogP contribution in [0, 0.1) is 6.92 Å². The molecule has 1 amide bonds. The van der Waals surface area contributed by atoms with Gasteiger partial charge in [0.2, 0.25) is 5.09 Å². The second kappa shape index (κ2) is 5.43. The summed E-state index contributed by atoms with van der Waals surface area (Å²) in [6, 6.07) is 7.66. The van der Waals surface area contributed by atoms with Crippen LogP contribution >= 0.6 is 0 Å². The van der Waals surface area contributed by atoms with Crippen molar-refractivity contribution in [2.75, 3.05) is 12.4 Å². The zero-order valence-corrected chi connectivity index (χ0v) is 11.7. The third-order valence-corrected chi connectivity index (χ3v) is 3.76. The molecule has 0 fully saturated rings. The van der Waals surface area contributed by atoms with E-state index >= 15 is 0 Å². The molecule has 2 rings (SSSR count). The molecule has 0 unspecified atom stereocenters. The molecule has 0 saturated carbocycles. The quantitative estimate of drug-likeness (QED) is 0.881. The number of furan rings is 1. The number of amides is 1. The number of carbonyl (C=O) groups is 1. The molecule has 0 spiro atoms. The lowest BCUT2D eigenvalue weighted by Gasteiger charge is -2.02. The third kappa shape index (κ3) is 3.03. The Labute approximate surface area is 116 Å². The molecule has 0 aliphatic rings. The number of nitrogens with zero attached hydrogens (tertiary/aromatic N) is 1. The van der Waals surface area contributed by atoms with Gasteiger partial charge in [-0.3, -0.25) is 4.79 Å². The molecule has 106 valence electrons. The number of anilines is 1. The lowest BCUT2D eigenvalue weighted by atomic mass is 10.3. The summed E-state index contributed by atoms with van der Waals surface area (Å²) >= 11 is 0. The van der Waals surface area contributed by atoms with Crippen LogP contribution in [0.4, 0.5) is 5.82 Å². The average molecular weight is 295 g/mol. The average Bonchev–Trinajstić information content (AvgIpc) is 2.89. The zero-order chi connectivity index (χ0) is 14.8. The Morgan fingerprint density at radius 3 is 2.65 bits per heavy atom. The summed E-state index contributed by atoms with van der Waals surface area (Å²) in [6.45, 7) is 1.79. The van der Waals surface area contributed by atoms with Crippen LogP contribution in [0.15, 0.2) is 39.8 Å². The highest BCUT2D eigenvalue weighted by Crippen LogP contribution is 2.15. The van der Waals surface area contributed by atoms with Crippen LogP contribution in [0.2, 0.25) is 0 Å². The number of nitrogens with one attached hydrogen (secondary N) is 2. The Hall–Kier alpha value is -2.19. The van der Waals surface area contributed by atoms with E-state index in [9.17, 15) is 13.2 Å². The minimum atomic E-state index is -3.70. The minimum Gasteiger partial charge on any atom is -0.438 e. The maximum atomic E-state index is 11.9. The zero-order valence-electron chi connectivity index (χ0n) is 10.9. The first-order valence-electron chi connectivity index (χ1n) is 5.71. The fraction of sp³-hybridized carbons (Fsp3) is 0.167. The molecule has 0 aliphatic heterocycles. The molecule has 8 heteroatoms. The van der Waals surface area contributed by atoms with Crippen LogP contribution < -0.4 is 10.0 Å². The minimum absolute atomic E-state index is 0.109. The van der Waals surface area contributed by atoms with Gasteiger partial charge in [-0.2, -0.15) is 0 Å². The number of rotatable bonds is 4. The van der Waals surface area contributed by atoms with Gasteiger partial charge in [-0.15, -0.1) is 0 Å². The largest absolute Gasteiger partial charge is 0.438 e. The highest BCUT2D eigenvalue weighted by atomic mass is 32.2. The van der Waals surface area contributed by atoms with E-state index in [1.807, 2.05) is 0 Å². The summed E-state index contributed by atoms with van der Waals surface area (Å²) in [7, 11) is -2.44. The Kier molecular flexibility index (Phi) is 3.86. The van der Waals surface area contributed by atoms with E-state index in [4.69, 9.17) is 4.42 Å². The molecule has 7 nitrogen and oxygen atoms in total. The molecular formula is C12H13N3O4S. The van der Waals surface area contributed by atoms with Crippen molar-refractivity contribution >= 4 is 21.7 Å². The van der Waals surface area contributed by atoms with Crippen LogP contribution in [-0.4, -0.2) is 26.4 Å². The van der Waals surface area contributed by atoms with Gasteiger partial charge in [-0.25, -0.2) is 18.1 Å². The lowest BCUT2D eigenvalue weighted by molar-refractivity contribution is 0.0991. The molecule has 0 aromatic carbocycles. The summed E-state index contributed by atoms with van der Waals surface area (Å²) in [5, 5.41) is 2.21. The highest BCUT2D eigenvalue weighted by molar-refractivity contribution is 7.89. The van der Waals surface area contributed by atoms with Crippen molar-refractivity contribution in [1.29, 1.82) is 0 Å². The monoisotopic (exact) mass is 295 g/mol. The van der Waals surface area contributed by atoms with Crippen LogP contribution in [0.3, 0.4) is 0 Å². The molecule has 2 heterocycles. The first-order chi connectivity index (χ1) is 9.42. The van der Waals surface area contributed by atoms with E-state index in [-0.39, 0.29) is 10.9 Å². The molecule has 0 atom stereocenters. The van der Waals surface area contributed by atoms with Gasteiger partial charge in [-0.1, -0.05) is 6.07 Å². The number of aromatic nitrogens is 1. The van der Waals surface area contributed by atoms with Crippen molar-refractivity contribution in [3.8, 4) is 0 Å². The molecule has 0 saturated heterocycles. The number of carbonyl (C=O) groups excluding carboxylic acids is 1. The molecule has 2 N–H and O–H groups in total. The lowest BCUT2D eigenvalue weighted by Crippen LogP contribution is -2.18. The highest BCUT2D eigenvalue weighted by Gasteiger charge is 2.19. The van der Waals surface area contributed by atoms with Crippen LogP contribution in [0.1, 0.15) is 16.2 Å². The van der Waals surface area contributed by atoms with Crippen LogP contribution in [0.5, 0.6) is 0 Å². The molecule has 0 bridgehead atoms. The number of pyridine rings is 1. The van der Waals surface area contributed by atoms with Crippen molar-refractivity contribution in [3.05, 3.63) is 41.8 Å². The standard InChI is InChI=1S/C12H13N3O4S/c1-8-4-3-5-10(14-8)15-12(16)9-6-7-11(19-9)20(17,18)13-2/h3-7,13H,1-2H3,(H,14,15,16).